The molecule has 2 aliphatic carbocycles. The standard InChI is InChI=1S/C22H30N2O5S/c1-24(19-6-3-7-19)21(25)20(23)17-10-8-15(9-11-17)13-30(28,29)14-16-4-2-5-18(12-16)22(26)27/h2,4-5,12-13,17,19-20H,3,6-11,14,23H2,1H3,(H,26,27)/t17?,20-/m0/s1. The van der Waals surface area contributed by atoms with Crippen LogP contribution < -0.4 is 5.73 Å². The number of carboxylic acid groups (broad SMARTS) is 1. The molecule has 1 aromatic carbocycles. The van der Waals surface area contributed by atoms with E-state index in [1.165, 1.54) is 17.5 Å². The number of nitrogens with two attached hydrogens (primary N) is 1. The van der Waals surface area contributed by atoms with Gasteiger partial charge in [0.1, 0.15) is 0 Å². The molecule has 0 saturated heterocycles. The molecule has 1 amide bonds. The van der Waals surface area contributed by atoms with E-state index >= 15 is 0 Å². The summed E-state index contributed by atoms with van der Waals surface area (Å²) in [4.78, 5) is 25.5. The average Bonchev–Trinajstić information content (AvgIpc) is 2.65. The van der Waals surface area contributed by atoms with Crippen LogP contribution >= 0.6 is 0 Å². The number of aromatic carboxylic acids is 1. The van der Waals surface area contributed by atoms with E-state index in [4.69, 9.17) is 10.8 Å². The lowest BCUT2D eigenvalue weighted by Gasteiger charge is -2.38. The molecule has 0 radical (unpaired) electrons. The molecular formula is C22H30N2O5S. The van der Waals surface area contributed by atoms with Gasteiger partial charge in [0.2, 0.25) is 5.91 Å². The summed E-state index contributed by atoms with van der Waals surface area (Å²) in [6.07, 6.45) is 5.84. The van der Waals surface area contributed by atoms with Crippen LogP contribution in [-0.4, -0.2) is 49.4 Å². The van der Waals surface area contributed by atoms with Crippen LogP contribution in [0.1, 0.15) is 60.9 Å². The van der Waals surface area contributed by atoms with Gasteiger partial charge in [-0.25, -0.2) is 13.2 Å². The molecule has 2 fully saturated rings. The minimum atomic E-state index is -3.51. The Morgan fingerprint density at radius 2 is 1.90 bits per heavy atom. The lowest BCUT2D eigenvalue weighted by Crippen LogP contribution is -2.51. The SMILES string of the molecule is CN(C(=O)[C@@H](N)C1CCC(=CS(=O)(=O)Cc2cccc(C(=O)O)c2)CC1)C1CCC1. The number of amides is 1. The highest BCUT2D eigenvalue weighted by atomic mass is 32.2. The molecule has 164 valence electrons. The number of benzene rings is 1. The third-order valence-corrected chi connectivity index (χ3v) is 7.75. The highest BCUT2D eigenvalue weighted by Crippen LogP contribution is 2.32. The molecule has 3 N–H and O–H groups in total. The summed E-state index contributed by atoms with van der Waals surface area (Å²) in [7, 11) is -1.69. The molecular weight excluding hydrogens is 404 g/mol. The molecule has 0 heterocycles. The number of carbonyl (C=O) groups is 2. The van der Waals surface area contributed by atoms with Crippen LogP contribution in [0.4, 0.5) is 0 Å². The van der Waals surface area contributed by atoms with Crippen LogP contribution in [0.25, 0.3) is 0 Å². The van der Waals surface area contributed by atoms with E-state index in [2.05, 4.69) is 0 Å². The summed E-state index contributed by atoms with van der Waals surface area (Å²) in [6.45, 7) is 0. The molecule has 1 aromatic rings. The maximum Gasteiger partial charge on any atom is 0.335 e. The first-order valence-electron chi connectivity index (χ1n) is 10.4. The van der Waals surface area contributed by atoms with Crippen molar-refractivity contribution in [1.29, 1.82) is 0 Å². The second kappa shape index (κ2) is 9.31. The third kappa shape index (κ3) is 5.49. The number of sulfone groups is 1. The number of likely N-dealkylation sites (N-methyl/N-ethyl adjacent to an activating group) is 1. The zero-order chi connectivity index (χ0) is 21.9. The van der Waals surface area contributed by atoms with Crippen LogP contribution in [0.15, 0.2) is 35.2 Å². The topological polar surface area (TPSA) is 118 Å². The summed E-state index contributed by atoms with van der Waals surface area (Å²) in [5, 5.41) is 10.4. The summed E-state index contributed by atoms with van der Waals surface area (Å²) in [6, 6.07) is 5.76. The predicted molar refractivity (Wildman–Crippen MR) is 114 cm³/mol. The Kier molecular flexibility index (Phi) is 6.98. The van der Waals surface area contributed by atoms with E-state index in [0.717, 1.165) is 24.8 Å². The van der Waals surface area contributed by atoms with Gasteiger partial charge < -0.3 is 15.7 Å². The van der Waals surface area contributed by atoms with Gasteiger partial charge in [0.25, 0.3) is 0 Å². The fraction of sp³-hybridized carbons (Fsp3) is 0.545. The Hall–Kier alpha value is -2.19. The van der Waals surface area contributed by atoms with Crippen molar-refractivity contribution in [3.05, 3.63) is 46.4 Å². The normalized spacial score (nSPS) is 20.9. The number of rotatable bonds is 7. The maximum absolute atomic E-state index is 12.6. The number of carboxylic acids is 1. The summed E-state index contributed by atoms with van der Waals surface area (Å²) in [5.74, 6) is -1.26. The van der Waals surface area contributed by atoms with E-state index in [1.807, 2.05) is 7.05 Å². The molecule has 30 heavy (non-hydrogen) atoms. The molecule has 3 rings (SSSR count). The van der Waals surface area contributed by atoms with E-state index in [9.17, 15) is 18.0 Å². The monoisotopic (exact) mass is 434 g/mol. The Morgan fingerprint density at radius 3 is 2.47 bits per heavy atom. The largest absolute Gasteiger partial charge is 0.478 e. The lowest BCUT2D eigenvalue weighted by atomic mass is 9.81. The van der Waals surface area contributed by atoms with E-state index < -0.39 is 21.8 Å². The second-order valence-electron chi connectivity index (χ2n) is 8.49. The van der Waals surface area contributed by atoms with E-state index in [1.54, 1.807) is 17.0 Å². The third-order valence-electron chi connectivity index (χ3n) is 6.32. The van der Waals surface area contributed by atoms with Crippen LogP contribution in [-0.2, 0) is 20.4 Å². The van der Waals surface area contributed by atoms with Crippen molar-refractivity contribution in [2.24, 2.45) is 11.7 Å². The van der Waals surface area contributed by atoms with Gasteiger partial charge in [0, 0.05) is 18.5 Å². The van der Waals surface area contributed by atoms with Crippen molar-refractivity contribution in [3.8, 4) is 0 Å². The first kappa shape index (κ1) is 22.5. The fourth-order valence-corrected chi connectivity index (χ4v) is 5.67. The number of hydrogen-bond donors (Lipinski definition) is 2. The number of allylic oxidation sites excluding steroid dienone is 1. The van der Waals surface area contributed by atoms with Gasteiger partial charge in [0.05, 0.1) is 17.4 Å². The molecule has 7 nitrogen and oxygen atoms in total. The van der Waals surface area contributed by atoms with Crippen molar-refractivity contribution in [2.75, 3.05) is 7.05 Å². The number of hydrogen-bond acceptors (Lipinski definition) is 5. The van der Waals surface area contributed by atoms with Gasteiger partial charge in [-0.05, 0) is 68.6 Å². The highest BCUT2D eigenvalue weighted by Gasteiger charge is 2.33. The van der Waals surface area contributed by atoms with Gasteiger partial charge >= 0.3 is 5.97 Å². The minimum Gasteiger partial charge on any atom is -0.478 e. The fourth-order valence-electron chi connectivity index (χ4n) is 4.20. The van der Waals surface area contributed by atoms with Gasteiger partial charge in [-0.2, -0.15) is 0 Å². The smallest absolute Gasteiger partial charge is 0.335 e. The van der Waals surface area contributed by atoms with Crippen molar-refractivity contribution in [2.45, 2.75) is 62.8 Å². The quantitative estimate of drug-likeness (QED) is 0.681. The Morgan fingerprint density at radius 1 is 1.23 bits per heavy atom. The Labute approximate surface area is 177 Å². The van der Waals surface area contributed by atoms with Crippen LogP contribution in [0.3, 0.4) is 0 Å². The molecule has 2 aliphatic rings. The first-order valence-corrected chi connectivity index (χ1v) is 12.1. The van der Waals surface area contributed by atoms with Gasteiger partial charge in [-0.3, -0.25) is 4.79 Å². The lowest BCUT2D eigenvalue weighted by molar-refractivity contribution is -0.136. The first-order chi connectivity index (χ1) is 14.2. The number of carbonyl (C=O) groups excluding carboxylic acids is 1. The molecule has 0 aromatic heterocycles. The summed E-state index contributed by atoms with van der Waals surface area (Å²) < 4.78 is 25.1. The van der Waals surface area contributed by atoms with Crippen LogP contribution in [0.5, 0.6) is 0 Å². The molecule has 0 spiro atoms. The molecule has 2 saturated carbocycles. The van der Waals surface area contributed by atoms with Crippen molar-refractivity contribution < 1.29 is 23.1 Å². The van der Waals surface area contributed by atoms with Crippen LogP contribution in [0, 0.1) is 5.92 Å². The molecule has 0 aliphatic heterocycles. The second-order valence-corrected chi connectivity index (χ2v) is 10.3. The Balaban J connectivity index is 1.57. The zero-order valence-corrected chi connectivity index (χ0v) is 18.1. The predicted octanol–water partition coefficient (Wildman–Crippen LogP) is 2.71. The molecule has 0 bridgehead atoms. The molecule has 8 heteroatoms. The van der Waals surface area contributed by atoms with Gasteiger partial charge in [0.15, 0.2) is 9.84 Å². The average molecular weight is 435 g/mol. The van der Waals surface area contributed by atoms with Gasteiger partial charge in [-0.1, -0.05) is 17.7 Å². The highest BCUT2D eigenvalue weighted by molar-refractivity contribution is 7.93. The van der Waals surface area contributed by atoms with E-state index in [-0.39, 0.29) is 23.1 Å². The van der Waals surface area contributed by atoms with Gasteiger partial charge in [-0.15, -0.1) is 0 Å². The van der Waals surface area contributed by atoms with Crippen molar-refractivity contribution in [3.63, 3.8) is 0 Å². The minimum absolute atomic E-state index is 0.0111. The summed E-state index contributed by atoms with van der Waals surface area (Å²) in [5.41, 5.74) is 7.61. The summed E-state index contributed by atoms with van der Waals surface area (Å²) >= 11 is 0. The van der Waals surface area contributed by atoms with Crippen molar-refractivity contribution >= 4 is 21.7 Å². The molecule has 0 unspecified atom stereocenters. The van der Waals surface area contributed by atoms with Crippen LogP contribution in [0.2, 0.25) is 0 Å². The van der Waals surface area contributed by atoms with Crippen molar-refractivity contribution in [1.82, 2.24) is 4.90 Å². The zero-order valence-electron chi connectivity index (χ0n) is 17.3. The Bertz CT molecular complexity index is 927. The molecule has 1 atom stereocenters. The maximum atomic E-state index is 12.6. The van der Waals surface area contributed by atoms with E-state index in [0.29, 0.717) is 37.3 Å². The number of nitrogens with zero attached hydrogens (tertiary/aromatic N) is 1.